The minimum absolute atomic E-state index is 0.174. The van der Waals surface area contributed by atoms with E-state index in [-0.39, 0.29) is 12.4 Å². The third-order valence-electron chi connectivity index (χ3n) is 3.60. The van der Waals surface area contributed by atoms with Gasteiger partial charge in [-0.05, 0) is 23.6 Å². The van der Waals surface area contributed by atoms with Gasteiger partial charge >= 0.3 is 5.97 Å². The largest absolute Gasteiger partial charge is 0.460 e. The highest BCUT2D eigenvalue weighted by Crippen LogP contribution is 2.32. The molecule has 1 atom stereocenters. The van der Waals surface area contributed by atoms with Crippen LogP contribution >= 0.6 is 11.6 Å². The molecule has 3 rings (SSSR count). The Bertz CT molecular complexity index is 694. The molecule has 0 amide bonds. The maximum Gasteiger partial charge on any atom is 0.317 e. The number of ketones is 1. The standard InChI is InChI=1S/C17H13ClO3/c18-14-8-4-7-12-9-13(16(19)15(12)14)17(20)21-10-11-5-2-1-3-6-11/h1-8,13H,9-10H2. The zero-order valence-corrected chi connectivity index (χ0v) is 12.0. The van der Waals surface area contributed by atoms with E-state index in [0.717, 1.165) is 11.1 Å². The molecule has 0 radical (unpaired) electrons. The lowest BCUT2D eigenvalue weighted by Gasteiger charge is -2.09. The van der Waals surface area contributed by atoms with Crippen LogP contribution in [0.5, 0.6) is 0 Å². The van der Waals surface area contributed by atoms with Crippen molar-refractivity contribution in [3.8, 4) is 0 Å². The number of fused-ring (bicyclic) bond motifs is 1. The van der Waals surface area contributed by atoms with Crippen molar-refractivity contribution in [1.29, 1.82) is 0 Å². The normalized spacial score (nSPS) is 16.6. The average Bonchev–Trinajstić information content (AvgIpc) is 2.84. The van der Waals surface area contributed by atoms with Gasteiger partial charge in [-0.1, -0.05) is 54.1 Å². The summed E-state index contributed by atoms with van der Waals surface area (Å²) < 4.78 is 5.25. The highest BCUT2D eigenvalue weighted by atomic mass is 35.5. The Balaban J connectivity index is 1.70. The van der Waals surface area contributed by atoms with Crippen molar-refractivity contribution < 1.29 is 14.3 Å². The Hall–Kier alpha value is -2.13. The molecule has 0 spiro atoms. The third kappa shape index (κ3) is 2.69. The van der Waals surface area contributed by atoms with E-state index in [1.54, 1.807) is 12.1 Å². The Morgan fingerprint density at radius 2 is 1.90 bits per heavy atom. The summed E-state index contributed by atoms with van der Waals surface area (Å²) in [6.45, 7) is 0.174. The highest BCUT2D eigenvalue weighted by molar-refractivity contribution is 6.35. The van der Waals surface area contributed by atoms with Crippen LogP contribution in [0.4, 0.5) is 0 Å². The first-order valence-electron chi connectivity index (χ1n) is 6.69. The van der Waals surface area contributed by atoms with Gasteiger partial charge in [-0.3, -0.25) is 9.59 Å². The second-order valence-corrected chi connectivity index (χ2v) is 5.40. The van der Waals surface area contributed by atoms with Gasteiger partial charge in [-0.15, -0.1) is 0 Å². The number of benzene rings is 2. The van der Waals surface area contributed by atoms with E-state index in [0.29, 0.717) is 17.0 Å². The van der Waals surface area contributed by atoms with Gasteiger partial charge in [-0.25, -0.2) is 0 Å². The molecular formula is C17H13ClO3. The Kier molecular flexibility index (Phi) is 3.76. The molecule has 0 heterocycles. The first kappa shape index (κ1) is 13.8. The fraction of sp³-hybridized carbons (Fsp3) is 0.176. The second kappa shape index (κ2) is 5.70. The van der Waals surface area contributed by atoms with E-state index in [1.165, 1.54) is 0 Å². The molecule has 0 saturated carbocycles. The van der Waals surface area contributed by atoms with Gasteiger partial charge in [0.1, 0.15) is 12.5 Å². The molecule has 1 aliphatic rings. The number of rotatable bonds is 3. The van der Waals surface area contributed by atoms with E-state index in [1.807, 2.05) is 36.4 Å². The van der Waals surface area contributed by atoms with Crippen molar-refractivity contribution in [1.82, 2.24) is 0 Å². The van der Waals surface area contributed by atoms with Crippen molar-refractivity contribution in [2.24, 2.45) is 5.92 Å². The van der Waals surface area contributed by atoms with E-state index in [9.17, 15) is 9.59 Å². The molecule has 0 fully saturated rings. The van der Waals surface area contributed by atoms with E-state index in [2.05, 4.69) is 0 Å². The maximum absolute atomic E-state index is 12.3. The van der Waals surface area contributed by atoms with Crippen LogP contribution in [-0.2, 0) is 22.6 Å². The molecule has 2 aromatic rings. The summed E-state index contributed by atoms with van der Waals surface area (Å²) in [6, 6.07) is 14.7. The predicted molar refractivity (Wildman–Crippen MR) is 79.2 cm³/mol. The Morgan fingerprint density at radius 1 is 1.14 bits per heavy atom. The van der Waals surface area contributed by atoms with Crippen molar-refractivity contribution in [3.63, 3.8) is 0 Å². The number of esters is 1. The molecule has 0 aliphatic heterocycles. The first-order valence-corrected chi connectivity index (χ1v) is 7.07. The summed E-state index contributed by atoms with van der Waals surface area (Å²) in [5.41, 5.74) is 2.17. The van der Waals surface area contributed by atoms with Gasteiger partial charge in [0, 0.05) is 5.56 Å². The van der Waals surface area contributed by atoms with Crippen LogP contribution in [0.15, 0.2) is 48.5 Å². The van der Waals surface area contributed by atoms with Crippen LogP contribution in [0.1, 0.15) is 21.5 Å². The molecule has 0 saturated heterocycles. The van der Waals surface area contributed by atoms with Crippen LogP contribution in [0.3, 0.4) is 0 Å². The molecule has 2 aromatic carbocycles. The van der Waals surface area contributed by atoms with Gasteiger partial charge in [-0.2, -0.15) is 0 Å². The number of Topliss-reactive ketones (excluding diaryl/α,β-unsaturated/α-hetero) is 1. The molecule has 3 nitrogen and oxygen atoms in total. The lowest BCUT2D eigenvalue weighted by Crippen LogP contribution is -2.23. The van der Waals surface area contributed by atoms with Crippen molar-refractivity contribution in [3.05, 3.63) is 70.2 Å². The average molecular weight is 301 g/mol. The van der Waals surface area contributed by atoms with E-state index in [4.69, 9.17) is 16.3 Å². The number of ether oxygens (including phenoxy) is 1. The number of carbonyl (C=O) groups excluding carboxylic acids is 2. The molecule has 1 unspecified atom stereocenters. The SMILES string of the molecule is O=C(OCc1ccccc1)C1Cc2cccc(Cl)c2C1=O. The Morgan fingerprint density at radius 3 is 2.62 bits per heavy atom. The zero-order valence-electron chi connectivity index (χ0n) is 11.2. The lowest BCUT2D eigenvalue weighted by atomic mass is 10.1. The number of hydrogen-bond acceptors (Lipinski definition) is 3. The zero-order chi connectivity index (χ0) is 14.8. The van der Waals surface area contributed by atoms with E-state index >= 15 is 0 Å². The molecule has 0 N–H and O–H groups in total. The summed E-state index contributed by atoms with van der Waals surface area (Å²) >= 11 is 6.03. The number of carbonyl (C=O) groups is 2. The minimum atomic E-state index is -0.774. The number of hydrogen-bond donors (Lipinski definition) is 0. The molecule has 0 bridgehead atoms. The monoisotopic (exact) mass is 300 g/mol. The highest BCUT2D eigenvalue weighted by Gasteiger charge is 2.38. The molecule has 1 aliphatic carbocycles. The quantitative estimate of drug-likeness (QED) is 0.644. The number of halogens is 1. The summed E-state index contributed by atoms with van der Waals surface area (Å²) in [5, 5.41) is 0.399. The van der Waals surface area contributed by atoms with Crippen LogP contribution in [-0.4, -0.2) is 11.8 Å². The van der Waals surface area contributed by atoms with Crippen molar-refractivity contribution in [2.75, 3.05) is 0 Å². The molecule has 0 aromatic heterocycles. The minimum Gasteiger partial charge on any atom is -0.460 e. The van der Waals surface area contributed by atoms with Crippen LogP contribution in [0.25, 0.3) is 0 Å². The van der Waals surface area contributed by atoms with Gasteiger partial charge in [0.2, 0.25) is 0 Å². The van der Waals surface area contributed by atoms with Gasteiger partial charge < -0.3 is 4.74 Å². The Labute approximate surface area is 127 Å². The van der Waals surface area contributed by atoms with Crippen molar-refractivity contribution >= 4 is 23.4 Å². The van der Waals surface area contributed by atoms with Crippen LogP contribution < -0.4 is 0 Å². The van der Waals surface area contributed by atoms with E-state index < -0.39 is 11.9 Å². The molecule has 106 valence electrons. The fourth-order valence-electron chi connectivity index (χ4n) is 2.52. The topological polar surface area (TPSA) is 43.4 Å². The summed E-state index contributed by atoms with van der Waals surface area (Å²) in [5.74, 6) is -1.51. The molecule has 21 heavy (non-hydrogen) atoms. The van der Waals surface area contributed by atoms with Gasteiger partial charge in [0.05, 0.1) is 5.02 Å². The summed E-state index contributed by atoms with van der Waals surface area (Å²) in [6.07, 6.45) is 0.363. The molecule has 4 heteroatoms. The fourth-order valence-corrected chi connectivity index (χ4v) is 2.81. The second-order valence-electron chi connectivity index (χ2n) is 4.99. The summed E-state index contributed by atoms with van der Waals surface area (Å²) in [4.78, 5) is 24.4. The smallest absolute Gasteiger partial charge is 0.317 e. The van der Waals surface area contributed by atoms with Gasteiger partial charge in [0.25, 0.3) is 0 Å². The lowest BCUT2D eigenvalue weighted by molar-refractivity contribution is -0.147. The summed E-state index contributed by atoms with van der Waals surface area (Å²) in [7, 11) is 0. The maximum atomic E-state index is 12.3. The first-order chi connectivity index (χ1) is 10.2. The van der Waals surface area contributed by atoms with Crippen LogP contribution in [0.2, 0.25) is 5.02 Å². The van der Waals surface area contributed by atoms with Gasteiger partial charge in [0.15, 0.2) is 5.78 Å². The molecular weight excluding hydrogens is 288 g/mol. The van der Waals surface area contributed by atoms with Crippen molar-refractivity contribution in [2.45, 2.75) is 13.0 Å². The van der Waals surface area contributed by atoms with Crippen LogP contribution in [0, 0.1) is 5.92 Å². The third-order valence-corrected chi connectivity index (χ3v) is 3.91. The predicted octanol–water partition coefficient (Wildman–Crippen LogP) is 3.44.